The molecule has 0 bridgehead atoms. The van der Waals surface area contributed by atoms with Crippen molar-refractivity contribution in [3.63, 3.8) is 0 Å². The normalized spacial score (nSPS) is 13.8. The van der Waals surface area contributed by atoms with Gasteiger partial charge in [-0.25, -0.2) is 4.98 Å². The number of carbonyl (C=O) groups excluding carboxylic acids is 1. The lowest BCUT2D eigenvalue weighted by Gasteiger charge is -2.20. The summed E-state index contributed by atoms with van der Waals surface area (Å²) in [6, 6.07) is 17.6. The van der Waals surface area contributed by atoms with Crippen LogP contribution in [0.5, 0.6) is 0 Å². The Kier molecular flexibility index (Phi) is 5.60. The van der Waals surface area contributed by atoms with Crippen LogP contribution in [0.1, 0.15) is 24.8 Å². The summed E-state index contributed by atoms with van der Waals surface area (Å²) in [6.07, 6.45) is 2.43. The summed E-state index contributed by atoms with van der Waals surface area (Å²) < 4.78 is 1.71. The lowest BCUT2D eigenvalue weighted by molar-refractivity contribution is -0.130. The number of benzene rings is 2. The van der Waals surface area contributed by atoms with Crippen LogP contribution in [0.2, 0.25) is 0 Å². The second-order valence-electron chi connectivity index (χ2n) is 7.56. The number of nitrogens with zero attached hydrogens (tertiary/aromatic N) is 4. The van der Waals surface area contributed by atoms with Gasteiger partial charge in [0.2, 0.25) is 5.91 Å². The van der Waals surface area contributed by atoms with Crippen LogP contribution in [-0.2, 0) is 17.9 Å². The molecule has 4 rings (SSSR count). The fourth-order valence-corrected chi connectivity index (χ4v) is 3.88. The highest BCUT2D eigenvalue weighted by molar-refractivity contribution is 5.78. The number of hydrogen-bond acceptors (Lipinski definition) is 4. The molecule has 1 aliphatic rings. The number of anilines is 1. The van der Waals surface area contributed by atoms with Gasteiger partial charge in [-0.05, 0) is 30.5 Å². The Balaban J connectivity index is 1.56. The van der Waals surface area contributed by atoms with Gasteiger partial charge in [-0.2, -0.15) is 0 Å². The van der Waals surface area contributed by atoms with Crippen molar-refractivity contribution in [3.8, 4) is 0 Å². The Morgan fingerprint density at radius 1 is 1.03 bits per heavy atom. The molecule has 0 aliphatic carbocycles. The maximum absolute atomic E-state index is 13.2. The lowest BCUT2D eigenvalue weighted by atomic mass is 10.2. The van der Waals surface area contributed by atoms with Crippen molar-refractivity contribution >= 4 is 22.8 Å². The minimum atomic E-state index is -0.107. The Labute approximate surface area is 170 Å². The first-order valence-corrected chi connectivity index (χ1v) is 10.2. The third kappa shape index (κ3) is 4.16. The van der Waals surface area contributed by atoms with Gasteiger partial charge in [0.25, 0.3) is 5.56 Å². The number of aryl methyl sites for hydroxylation is 1. The summed E-state index contributed by atoms with van der Waals surface area (Å²) in [5.74, 6) is 0.524. The van der Waals surface area contributed by atoms with Crippen molar-refractivity contribution in [1.82, 2.24) is 14.5 Å². The maximum atomic E-state index is 13.2. The van der Waals surface area contributed by atoms with Gasteiger partial charge >= 0.3 is 0 Å². The zero-order valence-electron chi connectivity index (χ0n) is 16.8. The third-order valence-electron chi connectivity index (χ3n) is 5.48. The summed E-state index contributed by atoms with van der Waals surface area (Å²) in [7, 11) is 1.80. The van der Waals surface area contributed by atoms with Gasteiger partial charge in [0.05, 0.1) is 11.0 Å². The lowest BCUT2D eigenvalue weighted by Crippen LogP contribution is -2.33. The van der Waals surface area contributed by atoms with Gasteiger partial charge in [-0.1, -0.05) is 42.5 Å². The fraction of sp³-hybridized carbons (Fsp3) is 0.348. The molecule has 1 aromatic heterocycles. The third-order valence-corrected chi connectivity index (χ3v) is 5.48. The molecule has 0 unspecified atom stereocenters. The van der Waals surface area contributed by atoms with E-state index in [9.17, 15) is 9.59 Å². The Hall–Kier alpha value is -3.15. The fourth-order valence-electron chi connectivity index (χ4n) is 3.88. The zero-order chi connectivity index (χ0) is 20.2. The molecule has 150 valence electrons. The van der Waals surface area contributed by atoms with E-state index in [1.54, 1.807) is 16.5 Å². The van der Waals surface area contributed by atoms with E-state index in [0.29, 0.717) is 18.9 Å². The zero-order valence-corrected chi connectivity index (χ0v) is 16.8. The van der Waals surface area contributed by atoms with Crippen LogP contribution in [0.15, 0.2) is 59.4 Å². The largest absolute Gasteiger partial charge is 0.352 e. The summed E-state index contributed by atoms with van der Waals surface area (Å²) in [6.45, 7) is 2.63. The molecular weight excluding hydrogens is 364 g/mol. The number of carbonyl (C=O) groups is 1. The molecule has 1 saturated heterocycles. The first-order chi connectivity index (χ1) is 14.1. The summed E-state index contributed by atoms with van der Waals surface area (Å²) >= 11 is 0. The van der Waals surface area contributed by atoms with Gasteiger partial charge in [0, 0.05) is 39.6 Å². The van der Waals surface area contributed by atoms with Crippen molar-refractivity contribution in [1.29, 1.82) is 0 Å². The van der Waals surface area contributed by atoms with Crippen LogP contribution in [0.25, 0.3) is 11.0 Å². The Morgan fingerprint density at radius 2 is 1.72 bits per heavy atom. The van der Waals surface area contributed by atoms with E-state index in [-0.39, 0.29) is 17.9 Å². The summed E-state index contributed by atoms with van der Waals surface area (Å²) in [5, 5.41) is 0. The standard InChI is InChI=1S/C23H26N4O2/c1-25(17-18-9-3-2-4-10-18)21(28)13-16-27-20-12-6-5-11-19(20)24-22(23(27)29)26-14-7-8-15-26/h2-6,9-12H,7-8,13-17H2,1H3. The van der Waals surface area contributed by atoms with Crippen LogP contribution in [0.4, 0.5) is 5.82 Å². The molecule has 0 spiro atoms. The number of aromatic nitrogens is 2. The predicted molar refractivity (Wildman–Crippen MR) is 115 cm³/mol. The SMILES string of the molecule is CN(Cc1ccccc1)C(=O)CCn1c(=O)c(N2CCCC2)nc2ccccc21. The van der Waals surface area contributed by atoms with Gasteiger partial charge in [0.15, 0.2) is 5.82 Å². The van der Waals surface area contributed by atoms with Crippen molar-refractivity contribution < 1.29 is 4.79 Å². The molecule has 6 nitrogen and oxygen atoms in total. The average molecular weight is 390 g/mol. The second kappa shape index (κ2) is 8.47. The van der Waals surface area contributed by atoms with E-state index < -0.39 is 0 Å². The molecule has 1 amide bonds. The van der Waals surface area contributed by atoms with E-state index in [1.165, 1.54) is 0 Å². The van der Waals surface area contributed by atoms with Crippen LogP contribution in [-0.4, -0.2) is 40.5 Å². The minimum Gasteiger partial charge on any atom is -0.352 e. The minimum absolute atomic E-state index is 0.0179. The van der Waals surface area contributed by atoms with Gasteiger partial charge < -0.3 is 14.4 Å². The maximum Gasteiger partial charge on any atom is 0.294 e. The average Bonchev–Trinajstić information content (AvgIpc) is 3.28. The Morgan fingerprint density at radius 3 is 2.48 bits per heavy atom. The molecule has 1 fully saturated rings. The van der Waals surface area contributed by atoms with Gasteiger partial charge in [0.1, 0.15) is 0 Å². The summed E-state index contributed by atoms with van der Waals surface area (Å²) in [4.78, 5) is 34.3. The second-order valence-corrected chi connectivity index (χ2v) is 7.56. The molecular formula is C23H26N4O2. The number of para-hydroxylation sites is 2. The molecule has 3 aromatic rings. The smallest absolute Gasteiger partial charge is 0.294 e. The molecule has 0 saturated carbocycles. The highest BCUT2D eigenvalue weighted by atomic mass is 16.2. The van der Waals surface area contributed by atoms with Crippen molar-refractivity contribution in [2.75, 3.05) is 25.0 Å². The number of amides is 1. The highest BCUT2D eigenvalue weighted by Gasteiger charge is 2.20. The van der Waals surface area contributed by atoms with E-state index in [4.69, 9.17) is 0 Å². The van der Waals surface area contributed by atoms with Crippen molar-refractivity contribution in [3.05, 3.63) is 70.5 Å². The van der Waals surface area contributed by atoms with E-state index >= 15 is 0 Å². The predicted octanol–water partition coefficient (Wildman–Crippen LogP) is 3.05. The highest BCUT2D eigenvalue weighted by Crippen LogP contribution is 2.18. The van der Waals surface area contributed by atoms with Crippen molar-refractivity contribution in [2.24, 2.45) is 0 Å². The topological polar surface area (TPSA) is 58.4 Å². The van der Waals surface area contributed by atoms with Crippen LogP contribution in [0, 0.1) is 0 Å². The Bertz CT molecular complexity index is 1060. The molecule has 0 radical (unpaired) electrons. The number of fused-ring (bicyclic) bond motifs is 1. The first-order valence-electron chi connectivity index (χ1n) is 10.2. The quantitative estimate of drug-likeness (QED) is 0.649. The molecule has 29 heavy (non-hydrogen) atoms. The van der Waals surface area contributed by atoms with Crippen LogP contribution < -0.4 is 10.5 Å². The molecule has 2 aromatic carbocycles. The molecule has 0 atom stereocenters. The van der Waals surface area contributed by atoms with Crippen LogP contribution in [0.3, 0.4) is 0 Å². The van der Waals surface area contributed by atoms with E-state index in [0.717, 1.165) is 42.5 Å². The number of hydrogen-bond donors (Lipinski definition) is 0. The van der Waals surface area contributed by atoms with Gasteiger partial charge in [-0.3, -0.25) is 9.59 Å². The van der Waals surface area contributed by atoms with Crippen LogP contribution >= 0.6 is 0 Å². The molecule has 1 aliphatic heterocycles. The summed E-state index contributed by atoms with van der Waals surface area (Å²) in [5.41, 5.74) is 2.55. The van der Waals surface area contributed by atoms with Gasteiger partial charge in [-0.15, -0.1) is 0 Å². The van der Waals surface area contributed by atoms with Crippen molar-refractivity contribution in [2.45, 2.75) is 32.4 Å². The monoisotopic (exact) mass is 390 g/mol. The molecule has 0 N–H and O–H groups in total. The van der Waals surface area contributed by atoms with E-state index in [1.807, 2.05) is 54.6 Å². The van der Waals surface area contributed by atoms with E-state index in [2.05, 4.69) is 9.88 Å². The first kappa shape index (κ1) is 19.2. The molecule has 2 heterocycles. The number of rotatable bonds is 6. The molecule has 6 heteroatoms.